The molecule has 1 fully saturated rings. The maximum atomic E-state index is 12.9. The first-order valence-electron chi connectivity index (χ1n) is 15.4. The van der Waals surface area contributed by atoms with Crippen LogP contribution in [0.2, 0.25) is 0 Å². The highest BCUT2D eigenvalue weighted by atomic mass is 32.2. The lowest BCUT2D eigenvalue weighted by atomic mass is 9.91. The Morgan fingerprint density at radius 2 is 1.71 bits per heavy atom. The summed E-state index contributed by atoms with van der Waals surface area (Å²) in [6.45, 7) is 10.2. The van der Waals surface area contributed by atoms with Crippen molar-refractivity contribution in [2.75, 3.05) is 102 Å². The molecule has 0 spiro atoms. The van der Waals surface area contributed by atoms with Gasteiger partial charge in [0, 0.05) is 55.3 Å². The Bertz CT molecular complexity index is 1480. The molecule has 242 valence electrons. The Labute approximate surface area is 268 Å². The Morgan fingerprint density at radius 1 is 1.00 bits per heavy atom. The molecule has 0 aliphatic carbocycles. The van der Waals surface area contributed by atoms with Gasteiger partial charge in [-0.05, 0) is 30.7 Å². The first kappa shape index (κ1) is 33.2. The molecule has 0 saturated carbocycles. The number of benzene rings is 2. The second-order valence-corrected chi connectivity index (χ2v) is 13.0. The van der Waals surface area contributed by atoms with Crippen LogP contribution in [0.3, 0.4) is 0 Å². The first-order valence-corrected chi connectivity index (χ1v) is 16.8. The predicted octanol–water partition coefficient (Wildman–Crippen LogP) is 2.19. The molecule has 1 atom stereocenters. The summed E-state index contributed by atoms with van der Waals surface area (Å²) < 4.78 is 34.7. The zero-order chi connectivity index (χ0) is 31.5. The molecule has 2 aromatic carbocycles. The fraction of sp³-hybridized carbons (Fsp3) is 0.515. The molecule has 0 bridgehead atoms. The van der Waals surface area contributed by atoms with E-state index < -0.39 is 10.8 Å². The van der Waals surface area contributed by atoms with Crippen LogP contribution >= 0.6 is 0 Å². The Kier molecular flexibility index (Phi) is 12.1. The molecule has 11 nitrogen and oxygen atoms in total. The fourth-order valence-corrected chi connectivity index (χ4v) is 6.74. The van der Waals surface area contributed by atoms with E-state index in [-0.39, 0.29) is 5.54 Å². The van der Waals surface area contributed by atoms with Crippen LogP contribution in [0, 0.1) is 19.3 Å². The van der Waals surface area contributed by atoms with Crippen molar-refractivity contribution in [3.63, 3.8) is 0 Å². The molecule has 1 aromatic heterocycles. The van der Waals surface area contributed by atoms with Crippen LogP contribution in [0.4, 0.5) is 11.8 Å². The van der Waals surface area contributed by atoms with Crippen molar-refractivity contribution in [2.24, 2.45) is 5.73 Å². The molecule has 1 saturated heterocycles. The number of hydrogen-bond donors (Lipinski definition) is 2. The standard InChI is InChI=1S/C33H44N6O5S/c1-3-12-41-14-16-43-18-19-44-17-15-42-13-10-38-24-33(34,25-38)23-35-31-28-21-26(2)8-9-29(28)36-32(37-31)39-11-20-45(40)30-7-5-4-6-27(30)22-39/h1,4-9,21H,10-20,22-25,34H2,2H3,(H,35,36,37). The molecule has 3 N–H and O–H groups in total. The average molecular weight is 637 g/mol. The number of aryl methyl sites for hydroxylation is 1. The van der Waals surface area contributed by atoms with Gasteiger partial charge in [0.1, 0.15) is 12.4 Å². The van der Waals surface area contributed by atoms with Crippen molar-refractivity contribution in [3.05, 3.63) is 53.6 Å². The van der Waals surface area contributed by atoms with Crippen LogP contribution < -0.4 is 16.0 Å². The zero-order valence-electron chi connectivity index (χ0n) is 26.0. The average Bonchev–Trinajstić information content (AvgIpc) is 3.20. The summed E-state index contributed by atoms with van der Waals surface area (Å²) in [5.74, 6) is 4.35. The van der Waals surface area contributed by atoms with Crippen LogP contribution in [0.5, 0.6) is 0 Å². The van der Waals surface area contributed by atoms with Crippen molar-refractivity contribution in [3.8, 4) is 12.3 Å². The van der Waals surface area contributed by atoms with Gasteiger partial charge in [0.25, 0.3) is 0 Å². The van der Waals surface area contributed by atoms with Gasteiger partial charge in [0.05, 0.1) is 68.1 Å². The third-order valence-electron chi connectivity index (χ3n) is 7.79. The number of nitrogens with two attached hydrogens (primary N) is 1. The van der Waals surface area contributed by atoms with Gasteiger partial charge < -0.3 is 34.9 Å². The van der Waals surface area contributed by atoms with E-state index >= 15 is 0 Å². The molecule has 12 heteroatoms. The quantitative estimate of drug-likeness (QED) is 0.167. The number of anilines is 2. The molecule has 2 aliphatic rings. The number of nitrogens with one attached hydrogen (secondary N) is 1. The van der Waals surface area contributed by atoms with Crippen molar-refractivity contribution in [1.29, 1.82) is 0 Å². The van der Waals surface area contributed by atoms with Crippen LogP contribution in [-0.4, -0.2) is 116 Å². The maximum absolute atomic E-state index is 12.9. The van der Waals surface area contributed by atoms with E-state index in [1.54, 1.807) is 0 Å². The lowest BCUT2D eigenvalue weighted by molar-refractivity contribution is -0.00811. The van der Waals surface area contributed by atoms with E-state index in [9.17, 15) is 4.21 Å². The number of ether oxygens (including phenoxy) is 4. The van der Waals surface area contributed by atoms with Gasteiger partial charge in [-0.3, -0.25) is 9.11 Å². The lowest BCUT2D eigenvalue weighted by Gasteiger charge is -2.47. The van der Waals surface area contributed by atoms with Crippen LogP contribution in [0.1, 0.15) is 11.1 Å². The number of aromatic nitrogens is 2. The number of rotatable bonds is 17. The predicted molar refractivity (Wildman–Crippen MR) is 177 cm³/mol. The van der Waals surface area contributed by atoms with E-state index in [2.05, 4.69) is 40.1 Å². The highest BCUT2D eigenvalue weighted by Crippen LogP contribution is 2.29. The van der Waals surface area contributed by atoms with Crippen LogP contribution in [0.25, 0.3) is 10.9 Å². The Hall–Kier alpha value is -3.15. The minimum atomic E-state index is -1.04. The molecule has 5 rings (SSSR count). The van der Waals surface area contributed by atoms with Crippen LogP contribution in [-0.2, 0) is 36.3 Å². The summed E-state index contributed by atoms with van der Waals surface area (Å²) in [5, 5.41) is 4.52. The molecular formula is C33H44N6O5S. The zero-order valence-corrected chi connectivity index (χ0v) is 26.9. The summed E-state index contributed by atoms with van der Waals surface area (Å²) in [6, 6.07) is 14.1. The highest BCUT2D eigenvalue weighted by Gasteiger charge is 2.39. The Balaban J connectivity index is 1.07. The smallest absolute Gasteiger partial charge is 0.228 e. The topological polar surface area (TPSA) is 124 Å². The summed E-state index contributed by atoms with van der Waals surface area (Å²) in [7, 11) is -1.04. The number of nitrogens with zero attached hydrogens (tertiary/aromatic N) is 4. The molecule has 0 radical (unpaired) electrons. The number of fused-ring (bicyclic) bond motifs is 2. The second-order valence-electron chi connectivity index (χ2n) is 11.5. The Morgan fingerprint density at radius 3 is 2.47 bits per heavy atom. The summed E-state index contributed by atoms with van der Waals surface area (Å²) in [6.07, 6.45) is 5.12. The molecule has 2 aliphatic heterocycles. The third kappa shape index (κ3) is 9.43. The summed E-state index contributed by atoms with van der Waals surface area (Å²) >= 11 is 0. The monoisotopic (exact) mass is 636 g/mol. The van der Waals surface area contributed by atoms with Gasteiger partial charge >= 0.3 is 0 Å². The number of likely N-dealkylation sites (tertiary alicyclic amines) is 1. The minimum Gasteiger partial charge on any atom is -0.378 e. The molecule has 45 heavy (non-hydrogen) atoms. The van der Waals surface area contributed by atoms with Gasteiger partial charge in [-0.25, -0.2) is 4.98 Å². The van der Waals surface area contributed by atoms with Crippen molar-refractivity contribution < 1.29 is 23.2 Å². The van der Waals surface area contributed by atoms with Crippen molar-refractivity contribution >= 4 is 33.5 Å². The van der Waals surface area contributed by atoms with Gasteiger partial charge in [-0.1, -0.05) is 35.7 Å². The normalized spacial score (nSPS) is 17.8. The van der Waals surface area contributed by atoms with Gasteiger partial charge in [0.2, 0.25) is 5.95 Å². The lowest BCUT2D eigenvalue weighted by Crippen LogP contribution is -2.70. The van der Waals surface area contributed by atoms with E-state index in [1.165, 1.54) is 0 Å². The first-order chi connectivity index (χ1) is 21.9. The number of hydrogen-bond acceptors (Lipinski definition) is 11. The van der Waals surface area contributed by atoms with Gasteiger partial charge in [-0.15, -0.1) is 6.42 Å². The summed E-state index contributed by atoms with van der Waals surface area (Å²) in [4.78, 5) is 15.2. The van der Waals surface area contributed by atoms with Gasteiger partial charge in [0.15, 0.2) is 0 Å². The second kappa shape index (κ2) is 16.4. The molecule has 1 unspecified atom stereocenters. The molecule has 3 aromatic rings. The van der Waals surface area contributed by atoms with Gasteiger partial charge in [-0.2, -0.15) is 4.98 Å². The largest absolute Gasteiger partial charge is 0.378 e. The van der Waals surface area contributed by atoms with E-state index in [0.717, 1.165) is 52.4 Å². The van der Waals surface area contributed by atoms with Crippen molar-refractivity contribution in [2.45, 2.75) is 23.9 Å². The van der Waals surface area contributed by atoms with Crippen LogP contribution in [0.15, 0.2) is 47.4 Å². The highest BCUT2D eigenvalue weighted by molar-refractivity contribution is 7.85. The van der Waals surface area contributed by atoms with E-state index in [4.69, 9.17) is 41.1 Å². The van der Waals surface area contributed by atoms with Crippen molar-refractivity contribution in [1.82, 2.24) is 14.9 Å². The maximum Gasteiger partial charge on any atom is 0.228 e. The number of terminal acetylenes is 1. The third-order valence-corrected chi connectivity index (χ3v) is 9.23. The molecule has 0 amide bonds. The van der Waals surface area contributed by atoms with E-state index in [0.29, 0.717) is 84.2 Å². The SMILES string of the molecule is C#CCOCCOCCOCCOCCN1CC(N)(CNc2nc(N3CCS(=O)c4ccccc4C3)nc3ccc(C)cc23)C1. The molecular weight excluding hydrogens is 592 g/mol. The fourth-order valence-electron chi connectivity index (χ4n) is 5.48. The summed E-state index contributed by atoms with van der Waals surface area (Å²) in [5.41, 5.74) is 9.44. The molecule has 3 heterocycles. The minimum absolute atomic E-state index is 0.306. The van der Waals surface area contributed by atoms with E-state index in [1.807, 2.05) is 30.3 Å².